The third-order valence-corrected chi connectivity index (χ3v) is 10.1. The van der Waals surface area contributed by atoms with Gasteiger partial charge in [-0.05, 0) is 82.9 Å². The number of fused-ring (bicyclic) bond motifs is 3. The van der Waals surface area contributed by atoms with Crippen molar-refractivity contribution in [3.63, 3.8) is 0 Å². The molecule has 8 aromatic carbocycles. The smallest absolute Gasteiger partial charge is 0.0701 e. The second-order valence-corrected chi connectivity index (χ2v) is 13.0. The van der Waals surface area contributed by atoms with Gasteiger partial charge in [0.25, 0.3) is 0 Å². The number of anilines is 3. The van der Waals surface area contributed by atoms with Crippen molar-refractivity contribution in [3.05, 3.63) is 241 Å². The van der Waals surface area contributed by atoms with Gasteiger partial charge in [-0.1, -0.05) is 158 Å². The Labute approximate surface area is 299 Å². The molecule has 0 spiro atoms. The molecule has 9 rings (SSSR count). The standard InChI is InChI=1S/C49H36N2/c1-6-18-37(19-7-1)49(38-20-8-2-9-21-38,39-22-10-3-11-23-39)40-30-32-43(33-31-40)50(41-24-12-4-13-25-41)44-34-35-48-46(36-44)45-28-16-17-29-47(45)51(48)42-26-14-5-15-27-42/h1-36H. The molecule has 51 heavy (non-hydrogen) atoms. The Hall–Kier alpha value is -6.64. The molecular weight excluding hydrogens is 617 g/mol. The quantitative estimate of drug-likeness (QED) is 0.148. The van der Waals surface area contributed by atoms with Gasteiger partial charge in [-0.25, -0.2) is 0 Å². The lowest BCUT2D eigenvalue weighted by molar-refractivity contribution is 0.745. The van der Waals surface area contributed by atoms with Crippen LogP contribution in [0.3, 0.4) is 0 Å². The van der Waals surface area contributed by atoms with E-state index in [2.05, 4.69) is 228 Å². The molecule has 0 radical (unpaired) electrons. The third-order valence-electron chi connectivity index (χ3n) is 10.1. The van der Waals surface area contributed by atoms with Gasteiger partial charge >= 0.3 is 0 Å². The van der Waals surface area contributed by atoms with Crippen molar-refractivity contribution in [2.45, 2.75) is 5.41 Å². The van der Waals surface area contributed by atoms with Crippen LogP contribution in [0.15, 0.2) is 218 Å². The van der Waals surface area contributed by atoms with Gasteiger partial charge in [-0.3, -0.25) is 0 Å². The molecule has 1 aromatic heterocycles. The molecule has 0 aliphatic rings. The number of para-hydroxylation sites is 3. The first-order valence-corrected chi connectivity index (χ1v) is 17.5. The zero-order valence-corrected chi connectivity index (χ0v) is 28.2. The largest absolute Gasteiger partial charge is 0.310 e. The van der Waals surface area contributed by atoms with Crippen molar-refractivity contribution < 1.29 is 0 Å². The van der Waals surface area contributed by atoms with Gasteiger partial charge < -0.3 is 9.47 Å². The number of rotatable bonds is 8. The molecule has 0 atom stereocenters. The van der Waals surface area contributed by atoms with Crippen molar-refractivity contribution in [1.82, 2.24) is 4.57 Å². The lowest BCUT2D eigenvalue weighted by Crippen LogP contribution is -2.31. The van der Waals surface area contributed by atoms with Crippen LogP contribution in [0.25, 0.3) is 27.5 Å². The highest BCUT2D eigenvalue weighted by Gasteiger charge is 2.38. The molecule has 1 heterocycles. The van der Waals surface area contributed by atoms with E-state index in [-0.39, 0.29) is 0 Å². The Bertz CT molecular complexity index is 2440. The lowest BCUT2D eigenvalue weighted by atomic mass is 9.65. The summed E-state index contributed by atoms with van der Waals surface area (Å²) in [5.41, 5.74) is 11.3. The van der Waals surface area contributed by atoms with Crippen LogP contribution in [0.5, 0.6) is 0 Å². The minimum Gasteiger partial charge on any atom is -0.310 e. The Morgan fingerprint density at radius 3 is 1.29 bits per heavy atom. The molecule has 242 valence electrons. The average molecular weight is 653 g/mol. The lowest BCUT2D eigenvalue weighted by Gasteiger charge is -2.37. The Morgan fingerprint density at radius 1 is 0.314 bits per heavy atom. The molecule has 0 saturated carbocycles. The second kappa shape index (κ2) is 13.0. The van der Waals surface area contributed by atoms with E-state index in [1.807, 2.05) is 0 Å². The van der Waals surface area contributed by atoms with Crippen molar-refractivity contribution in [1.29, 1.82) is 0 Å². The highest BCUT2D eigenvalue weighted by atomic mass is 15.1. The van der Waals surface area contributed by atoms with Gasteiger partial charge in [-0.15, -0.1) is 0 Å². The fourth-order valence-corrected chi connectivity index (χ4v) is 7.90. The molecule has 0 aliphatic heterocycles. The number of hydrogen-bond acceptors (Lipinski definition) is 1. The SMILES string of the molecule is c1ccc(N(c2ccc(C(c3ccccc3)(c3ccccc3)c3ccccc3)cc2)c2ccc3c(c2)c2ccccc2n3-c2ccccc2)cc1. The number of nitrogens with zero attached hydrogens (tertiary/aromatic N) is 2. The Kier molecular flexibility index (Phi) is 7.75. The molecule has 2 nitrogen and oxygen atoms in total. The molecule has 0 unspecified atom stereocenters. The van der Waals surface area contributed by atoms with Crippen LogP contribution >= 0.6 is 0 Å². The van der Waals surface area contributed by atoms with E-state index in [1.165, 1.54) is 44.1 Å². The minimum atomic E-state index is -0.502. The van der Waals surface area contributed by atoms with Crippen molar-refractivity contribution in [2.75, 3.05) is 4.90 Å². The van der Waals surface area contributed by atoms with Crippen LogP contribution in [0.4, 0.5) is 17.1 Å². The van der Waals surface area contributed by atoms with E-state index in [4.69, 9.17) is 0 Å². The second-order valence-electron chi connectivity index (χ2n) is 13.0. The van der Waals surface area contributed by atoms with Gasteiger partial charge in [0.2, 0.25) is 0 Å². The molecule has 0 fully saturated rings. The summed E-state index contributed by atoms with van der Waals surface area (Å²) in [5.74, 6) is 0. The van der Waals surface area contributed by atoms with Crippen LogP contribution < -0.4 is 4.90 Å². The van der Waals surface area contributed by atoms with Crippen LogP contribution in [-0.2, 0) is 5.41 Å². The number of aromatic nitrogens is 1. The van der Waals surface area contributed by atoms with Gasteiger partial charge in [-0.2, -0.15) is 0 Å². The van der Waals surface area contributed by atoms with Crippen molar-refractivity contribution >= 4 is 38.9 Å². The van der Waals surface area contributed by atoms with E-state index in [1.54, 1.807) is 0 Å². The topological polar surface area (TPSA) is 8.17 Å². The first kappa shape index (κ1) is 30.4. The maximum Gasteiger partial charge on any atom is 0.0701 e. The summed E-state index contributed by atoms with van der Waals surface area (Å²) in [7, 11) is 0. The van der Waals surface area contributed by atoms with E-state index in [9.17, 15) is 0 Å². The fraction of sp³-hybridized carbons (Fsp3) is 0.0204. The van der Waals surface area contributed by atoms with E-state index in [0.717, 1.165) is 22.7 Å². The molecule has 9 aromatic rings. The molecular formula is C49H36N2. The highest BCUT2D eigenvalue weighted by molar-refractivity contribution is 6.10. The molecule has 0 aliphatic carbocycles. The summed E-state index contributed by atoms with van der Waals surface area (Å²) in [6.45, 7) is 0. The predicted molar refractivity (Wildman–Crippen MR) is 214 cm³/mol. The predicted octanol–water partition coefficient (Wildman–Crippen LogP) is 12.6. The average Bonchev–Trinajstić information content (AvgIpc) is 3.55. The fourth-order valence-electron chi connectivity index (χ4n) is 7.90. The molecule has 0 bridgehead atoms. The van der Waals surface area contributed by atoms with Crippen LogP contribution in [-0.4, -0.2) is 4.57 Å². The minimum absolute atomic E-state index is 0.502. The zero-order chi connectivity index (χ0) is 34.0. The summed E-state index contributed by atoms with van der Waals surface area (Å²) < 4.78 is 2.37. The molecule has 2 heteroatoms. The summed E-state index contributed by atoms with van der Waals surface area (Å²) in [5, 5.41) is 2.46. The highest BCUT2D eigenvalue weighted by Crippen LogP contribution is 2.46. The number of benzene rings is 8. The Balaban J connectivity index is 1.23. The third kappa shape index (κ3) is 5.21. The summed E-state index contributed by atoms with van der Waals surface area (Å²) in [6.07, 6.45) is 0. The summed E-state index contributed by atoms with van der Waals surface area (Å²) in [4.78, 5) is 2.37. The van der Waals surface area contributed by atoms with Gasteiger partial charge in [0, 0.05) is 33.5 Å². The van der Waals surface area contributed by atoms with E-state index >= 15 is 0 Å². The molecule has 0 amide bonds. The summed E-state index contributed by atoms with van der Waals surface area (Å²) >= 11 is 0. The maximum absolute atomic E-state index is 2.37. The summed E-state index contributed by atoms with van der Waals surface area (Å²) in [6, 6.07) is 78.8. The van der Waals surface area contributed by atoms with Crippen molar-refractivity contribution in [2.24, 2.45) is 0 Å². The first-order valence-electron chi connectivity index (χ1n) is 17.5. The number of hydrogen-bond donors (Lipinski definition) is 0. The van der Waals surface area contributed by atoms with Crippen LogP contribution in [0.1, 0.15) is 22.3 Å². The molecule has 0 saturated heterocycles. The van der Waals surface area contributed by atoms with E-state index < -0.39 is 5.41 Å². The van der Waals surface area contributed by atoms with Crippen molar-refractivity contribution in [3.8, 4) is 5.69 Å². The zero-order valence-electron chi connectivity index (χ0n) is 28.2. The van der Waals surface area contributed by atoms with Crippen LogP contribution in [0, 0.1) is 0 Å². The van der Waals surface area contributed by atoms with Gasteiger partial charge in [0.1, 0.15) is 0 Å². The van der Waals surface area contributed by atoms with E-state index in [0.29, 0.717) is 0 Å². The van der Waals surface area contributed by atoms with Gasteiger partial charge in [0.05, 0.1) is 16.4 Å². The monoisotopic (exact) mass is 652 g/mol. The Morgan fingerprint density at radius 2 is 0.725 bits per heavy atom. The maximum atomic E-state index is 2.37. The normalized spacial score (nSPS) is 11.5. The first-order chi connectivity index (χ1) is 25.3. The van der Waals surface area contributed by atoms with Crippen LogP contribution in [0.2, 0.25) is 0 Å². The van der Waals surface area contributed by atoms with Gasteiger partial charge in [0.15, 0.2) is 0 Å². The molecule has 0 N–H and O–H groups in total.